The van der Waals surface area contributed by atoms with Gasteiger partial charge in [0.2, 0.25) is 0 Å². The second-order valence-electron chi connectivity index (χ2n) is 3.68. The summed E-state index contributed by atoms with van der Waals surface area (Å²) in [6.45, 7) is 2.35. The van der Waals surface area contributed by atoms with Crippen LogP contribution in [0.4, 0.5) is 0 Å². The molecule has 4 heteroatoms. The fraction of sp³-hybridized carbons (Fsp3) is 0.800. The van der Waals surface area contributed by atoms with Crippen LogP contribution < -0.4 is 0 Å². The van der Waals surface area contributed by atoms with Crippen LogP contribution in [0.3, 0.4) is 0 Å². The normalized spacial score (nSPS) is 27.4. The zero-order valence-electron chi connectivity index (χ0n) is 8.67. The van der Waals surface area contributed by atoms with E-state index in [0.717, 1.165) is 6.42 Å². The lowest BCUT2D eigenvalue weighted by Crippen LogP contribution is -2.42. The van der Waals surface area contributed by atoms with Crippen molar-refractivity contribution in [3.05, 3.63) is 0 Å². The van der Waals surface area contributed by atoms with Crippen LogP contribution in [0.2, 0.25) is 0 Å². The molecular weight excluding hydrogens is 184 g/mol. The van der Waals surface area contributed by atoms with Crippen LogP contribution in [-0.4, -0.2) is 31.1 Å². The third-order valence-electron chi connectivity index (χ3n) is 2.59. The van der Waals surface area contributed by atoms with E-state index in [4.69, 9.17) is 4.74 Å². The Labute approximate surface area is 83.6 Å². The lowest BCUT2D eigenvalue weighted by atomic mass is 9.90. The zero-order valence-corrected chi connectivity index (χ0v) is 8.67. The van der Waals surface area contributed by atoms with Crippen molar-refractivity contribution in [2.75, 3.05) is 13.7 Å². The van der Waals surface area contributed by atoms with Gasteiger partial charge in [-0.05, 0) is 19.8 Å². The second kappa shape index (κ2) is 4.55. The third-order valence-corrected chi connectivity index (χ3v) is 2.59. The summed E-state index contributed by atoms with van der Waals surface area (Å²) in [5.74, 6) is -0.208. The summed E-state index contributed by atoms with van der Waals surface area (Å²) in [7, 11) is 1.34. The van der Waals surface area contributed by atoms with Gasteiger partial charge in [0.15, 0.2) is 5.78 Å². The number of rotatable bonds is 3. The SMILES string of the molecule is COC(=O)CC[C@]1(C)OCCCC1=O. The van der Waals surface area contributed by atoms with Crippen molar-refractivity contribution in [3.63, 3.8) is 0 Å². The summed E-state index contributed by atoms with van der Waals surface area (Å²) in [4.78, 5) is 22.5. The van der Waals surface area contributed by atoms with Crippen LogP contribution in [0.5, 0.6) is 0 Å². The number of esters is 1. The molecule has 0 radical (unpaired) electrons. The van der Waals surface area contributed by atoms with Crippen molar-refractivity contribution in [1.29, 1.82) is 0 Å². The van der Waals surface area contributed by atoms with Crippen LogP contribution in [0.1, 0.15) is 32.6 Å². The lowest BCUT2D eigenvalue weighted by molar-refractivity contribution is -0.153. The Kier molecular flexibility index (Phi) is 3.63. The van der Waals surface area contributed by atoms with E-state index in [9.17, 15) is 9.59 Å². The van der Waals surface area contributed by atoms with Crippen molar-refractivity contribution in [3.8, 4) is 0 Å². The number of ether oxygens (including phenoxy) is 2. The molecule has 80 valence electrons. The Morgan fingerprint density at radius 1 is 1.64 bits per heavy atom. The summed E-state index contributed by atoms with van der Waals surface area (Å²) in [5, 5.41) is 0. The highest BCUT2D eigenvalue weighted by Gasteiger charge is 2.36. The molecule has 14 heavy (non-hydrogen) atoms. The van der Waals surface area contributed by atoms with Crippen LogP contribution in [-0.2, 0) is 19.1 Å². The number of hydrogen-bond donors (Lipinski definition) is 0. The Balaban J connectivity index is 2.47. The lowest BCUT2D eigenvalue weighted by Gasteiger charge is -2.31. The topological polar surface area (TPSA) is 52.6 Å². The molecule has 0 aliphatic carbocycles. The average Bonchev–Trinajstić information content (AvgIpc) is 2.19. The van der Waals surface area contributed by atoms with E-state index in [1.54, 1.807) is 6.92 Å². The van der Waals surface area contributed by atoms with Crippen LogP contribution in [0.15, 0.2) is 0 Å². The molecular formula is C10H16O4. The minimum atomic E-state index is -0.771. The van der Waals surface area contributed by atoms with E-state index >= 15 is 0 Å². The second-order valence-corrected chi connectivity index (χ2v) is 3.68. The molecule has 1 aliphatic heterocycles. The molecule has 0 N–H and O–H groups in total. The molecule has 0 aromatic carbocycles. The number of hydrogen-bond acceptors (Lipinski definition) is 4. The average molecular weight is 200 g/mol. The van der Waals surface area contributed by atoms with Gasteiger partial charge in [0.1, 0.15) is 5.60 Å². The van der Waals surface area contributed by atoms with Crippen LogP contribution >= 0.6 is 0 Å². The molecule has 1 fully saturated rings. The number of methoxy groups -OCH3 is 1. The predicted molar refractivity (Wildman–Crippen MR) is 49.8 cm³/mol. The molecule has 0 aromatic rings. The van der Waals surface area contributed by atoms with E-state index in [1.807, 2.05) is 0 Å². The molecule has 0 spiro atoms. The van der Waals surface area contributed by atoms with Gasteiger partial charge in [-0.3, -0.25) is 9.59 Å². The minimum absolute atomic E-state index is 0.0904. The summed E-state index contributed by atoms with van der Waals surface area (Å²) < 4.78 is 9.93. The number of Topliss-reactive ketones (excluding diaryl/α,β-unsaturated/α-hetero) is 1. The summed E-state index contributed by atoms with van der Waals surface area (Å²) >= 11 is 0. The van der Waals surface area contributed by atoms with E-state index in [-0.39, 0.29) is 18.2 Å². The number of carbonyl (C=O) groups excluding carboxylic acids is 2. The molecule has 0 aromatic heterocycles. The van der Waals surface area contributed by atoms with Gasteiger partial charge >= 0.3 is 5.97 Å². The molecule has 1 rings (SSSR count). The maximum absolute atomic E-state index is 11.5. The maximum atomic E-state index is 11.5. The first-order valence-corrected chi connectivity index (χ1v) is 4.82. The summed E-state index contributed by atoms with van der Waals surface area (Å²) in [6.07, 6.45) is 1.99. The fourth-order valence-corrected chi connectivity index (χ4v) is 1.53. The van der Waals surface area contributed by atoms with Crippen molar-refractivity contribution in [2.24, 2.45) is 0 Å². The van der Waals surface area contributed by atoms with Gasteiger partial charge < -0.3 is 9.47 Å². The first-order valence-electron chi connectivity index (χ1n) is 4.82. The molecule has 0 saturated carbocycles. The van der Waals surface area contributed by atoms with Crippen LogP contribution in [0, 0.1) is 0 Å². The Morgan fingerprint density at radius 3 is 2.93 bits per heavy atom. The molecule has 1 saturated heterocycles. The van der Waals surface area contributed by atoms with E-state index in [0.29, 0.717) is 19.4 Å². The zero-order chi connectivity index (χ0) is 10.6. The fourth-order valence-electron chi connectivity index (χ4n) is 1.53. The maximum Gasteiger partial charge on any atom is 0.305 e. The van der Waals surface area contributed by atoms with Gasteiger partial charge in [-0.25, -0.2) is 0 Å². The van der Waals surface area contributed by atoms with Gasteiger partial charge in [-0.15, -0.1) is 0 Å². The Morgan fingerprint density at radius 2 is 2.36 bits per heavy atom. The molecule has 1 aliphatic rings. The van der Waals surface area contributed by atoms with E-state index in [1.165, 1.54) is 7.11 Å². The largest absolute Gasteiger partial charge is 0.469 e. The van der Waals surface area contributed by atoms with Crippen molar-refractivity contribution in [1.82, 2.24) is 0 Å². The summed E-state index contributed by atoms with van der Waals surface area (Å²) in [5.41, 5.74) is -0.771. The van der Waals surface area contributed by atoms with Gasteiger partial charge in [0.25, 0.3) is 0 Å². The highest BCUT2D eigenvalue weighted by molar-refractivity contribution is 5.88. The summed E-state index contributed by atoms with van der Waals surface area (Å²) in [6, 6.07) is 0. The molecule has 1 atom stereocenters. The van der Waals surface area contributed by atoms with Crippen molar-refractivity contribution < 1.29 is 19.1 Å². The number of carbonyl (C=O) groups is 2. The molecule has 0 unspecified atom stereocenters. The number of ketones is 1. The van der Waals surface area contributed by atoms with Crippen LogP contribution in [0.25, 0.3) is 0 Å². The first kappa shape index (κ1) is 11.2. The predicted octanol–water partition coefficient (Wildman–Crippen LogP) is 1.08. The standard InChI is InChI=1S/C10H16O4/c1-10(6-5-9(12)13-2)8(11)4-3-7-14-10/h3-7H2,1-2H3/t10-/m0/s1. The molecule has 0 bridgehead atoms. The monoisotopic (exact) mass is 200 g/mol. The smallest absolute Gasteiger partial charge is 0.305 e. The third kappa shape index (κ3) is 2.54. The van der Waals surface area contributed by atoms with Gasteiger partial charge in [0.05, 0.1) is 7.11 Å². The van der Waals surface area contributed by atoms with Gasteiger partial charge in [0, 0.05) is 19.4 Å². The Bertz CT molecular complexity index is 236. The first-order chi connectivity index (χ1) is 6.58. The van der Waals surface area contributed by atoms with Gasteiger partial charge in [-0.2, -0.15) is 0 Å². The minimum Gasteiger partial charge on any atom is -0.469 e. The molecule has 0 amide bonds. The van der Waals surface area contributed by atoms with Crippen molar-refractivity contribution >= 4 is 11.8 Å². The molecule has 4 nitrogen and oxygen atoms in total. The molecule has 1 heterocycles. The quantitative estimate of drug-likeness (QED) is 0.640. The van der Waals surface area contributed by atoms with E-state index < -0.39 is 5.60 Å². The highest BCUT2D eigenvalue weighted by atomic mass is 16.5. The highest BCUT2D eigenvalue weighted by Crippen LogP contribution is 2.25. The van der Waals surface area contributed by atoms with Gasteiger partial charge in [-0.1, -0.05) is 0 Å². The van der Waals surface area contributed by atoms with Crippen molar-refractivity contribution in [2.45, 2.75) is 38.2 Å². The van der Waals surface area contributed by atoms with E-state index in [2.05, 4.69) is 4.74 Å². The Hall–Kier alpha value is -0.900.